The van der Waals surface area contributed by atoms with Crippen LogP contribution in [0, 0.1) is 0 Å². The maximum Gasteiger partial charge on any atom is 0.272 e. The monoisotopic (exact) mass is 408 g/mol. The lowest BCUT2D eigenvalue weighted by molar-refractivity contribution is -0.123. The number of benzene rings is 2. The van der Waals surface area contributed by atoms with Crippen molar-refractivity contribution in [2.75, 3.05) is 6.61 Å². The second kappa shape index (κ2) is 8.04. The van der Waals surface area contributed by atoms with E-state index in [4.69, 9.17) is 39.5 Å². The van der Waals surface area contributed by atoms with Crippen molar-refractivity contribution in [3.63, 3.8) is 0 Å². The average Bonchev–Trinajstić information content (AvgIpc) is 2.54. The van der Waals surface area contributed by atoms with E-state index >= 15 is 0 Å². The van der Waals surface area contributed by atoms with Crippen LogP contribution >= 0.6 is 34.8 Å². The van der Waals surface area contributed by atoms with E-state index in [9.17, 15) is 13.2 Å². The van der Waals surface area contributed by atoms with Gasteiger partial charge in [-0.05, 0) is 30.3 Å². The third-order valence-electron chi connectivity index (χ3n) is 2.72. The van der Waals surface area contributed by atoms with Crippen molar-refractivity contribution in [1.29, 1.82) is 0 Å². The van der Waals surface area contributed by atoms with Gasteiger partial charge in [-0.25, -0.2) is 8.42 Å². The number of rotatable bonds is 6. The number of ether oxygens (including phenoxy) is 1. The molecular weight excluding hydrogens is 399 g/mol. The van der Waals surface area contributed by atoms with E-state index in [0.717, 1.165) is 0 Å². The summed E-state index contributed by atoms with van der Waals surface area (Å²) >= 11 is 17.4. The summed E-state index contributed by atoms with van der Waals surface area (Å²) in [6.45, 7) is -0.423. The number of hydrazine groups is 1. The smallest absolute Gasteiger partial charge is 0.272 e. The Labute approximate surface area is 153 Å². The van der Waals surface area contributed by atoms with E-state index in [0.29, 0.717) is 10.8 Å². The van der Waals surface area contributed by atoms with Gasteiger partial charge in [0.05, 0.1) is 20.0 Å². The number of carbonyl (C=O) groups is 1. The molecule has 0 aromatic heterocycles. The zero-order valence-corrected chi connectivity index (χ0v) is 15.0. The van der Waals surface area contributed by atoms with Crippen LogP contribution in [0.3, 0.4) is 0 Å². The molecule has 0 unspecified atom stereocenters. The lowest BCUT2D eigenvalue weighted by Gasteiger charge is -2.10. The molecule has 1 amide bonds. The van der Waals surface area contributed by atoms with Crippen molar-refractivity contribution in [2.45, 2.75) is 4.90 Å². The first-order valence-corrected chi connectivity index (χ1v) is 9.04. The summed E-state index contributed by atoms with van der Waals surface area (Å²) in [5.41, 5.74) is 2.02. The van der Waals surface area contributed by atoms with Gasteiger partial charge in [0.2, 0.25) is 0 Å². The van der Waals surface area contributed by atoms with Crippen molar-refractivity contribution in [1.82, 2.24) is 10.3 Å². The summed E-state index contributed by atoms with van der Waals surface area (Å²) in [5.74, 6) is -0.403. The lowest BCUT2D eigenvalue weighted by atomic mass is 10.3. The van der Waals surface area contributed by atoms with E-state index in [1.54, 1.807) is 24.3 Å². The van der Waals surface area contributed by atoms with Crippen LogP contribution in [0.5, 0.6) is 5.75 Å². The van der Waals surface area contributed by atoms with Crippen LogP contribution < -0.4 is 15.0 Å². The topological polar surface area (TPSA) is 84.5 Å². The maximum atomic E-state index is 12.0. The standard InChI is InChI=1S/C14H11Cl3N2O4S/c15-10-6-5-9(7-12(10)17)24(21,22)19-18-14(20)8-23-13-4-2-1-3-11(13)16/h1-7,19H,8H2,(H,18,20). The number of sulfonamides is 1. The molecule has 0 saturated carbocycles. The van der Waals surface area contributed by atoms with Crippen LogP contribution in [-0.4, -0.2) is 20.9 Å². The Bertz CT molecular complexity index is 859. The first-order valence-electron chi connectivity index (χ1n) is 6.42. The van der Waals surface area contributed by atoms with Crippen molar-refractivity contribution in [3.05, 3.63) is 57.5 Å². The molecule has 0 bridgehead atoms. The van der Waals surface area contributed by atoms with Crippen LogP contribution in [0.15, 0.2) is 47.4 Å². The van der Waals surface area contributed by atoms with Gasteiger partial charge in [0.1, 0.15) is 5.75 Å². The van der Waals surface area contributed by atoms with Crippen molar-refractivity contribution in [2.24, 2.45) is 0 Å². The fourth-order valence-electron chi connectivity index (χ4n) is 1.57. The molecule has 0 atom stereocenters. The van der Waals surface area contributed by atoms with Crippen LogP contribution in [0.1, 0.15) is 0 Å². The van der Waals surface area contributed by atoms with Crippen molar-refractivity contribution >= 4 is 50.7 Å². The largest absolute Gasteiger partial charge is 0.482 e. The number of halogens is 3. The summed E-state index contributed by atoms with van der Waals surface area (Å²) in [6, 6.07) is 10.3. The van der Waals surface area contributed by atoms with Gasteiger partial charge in [0, 0.05) is 0 Å². The molecule has 0 fully saturated rings. The van der Waals surface area contributed by atoms with Gasteiger partial charge in [-0.1, -0.05) is 46.9 Å². The molecule has 0 aliphatic rings. The first kappa shape index (κ1) is 18.8. The van der Waals surface area contributed by atoms with Gasteiger partial charge in [-0.2, -0.15) is 0 Å². The first-order chi connectivity index (χ1) is 11.3. The molecule has 2 aromatic carbocycles. The average molecular weight is 410 g/mol. The molecule has 0 heterocycles. The number of para-hydroxylation sites is 1. The van der Waals surface area contributed by atoms with Gasteiger partial charge in [-0.15, -0.1) is 4.83 Å². The second-order valence-electron chi connectivity index (χ2n) is 4.45. The highest BCUT2D eigenvalue weighted by molar-refractivity contribution is 7.89. The minimum atomic E-state index is -3.99. The molecule has 0 radical (unpaired) electrons. The Kier molecular flexibility index (Phi) is 6.31. The van der Waals surface area contributed by atoms with E-state index in [-0.39, 0.29) is 14.9 Å². The maximum absolute atomic E-state index is 12.0. The van der Waals surface area contributed by atoms with Gasteiger partial charge < -0.3 is 4.74 Å². The Morgan fingerprint density at radius 2 is 1.71 bits per heavy atom. The molecule has 0 spiro atoms. The Morgan fingerprint density at radius 3 is 2.38 bits per heavy atom. The van der Waals surface area contributed by atoms with E-state index in [1.807, 2.05) is 10.3 Å². The van der Waals surface area contributed by atoms with E-state index in [1.165, 1.54) is 18.2 Å². The predicted octanol–water partition coefficient (Wildman–Crippen LogP) is 3.04. The Balaban J connectivity index is 1.93. The fourth-order valence-corrected chi connectivity index (χ4v) is 3.01. The Morgan fingerprint density at radius 1 is 1.00 bits per heavy atom. The zero-order chi connectivity index (χ0) is 17.7. The molecule has 10 heteroatoms. The number of amides is 1. The third-order valence-corrected chi connectivity index (χ3v) is 5.02. The van der Waals surface area contributed by atoms with Crippen LogP contribution in [0.4, 0.5) is 0 Å². The number of nitrogens with one attached hydrogen (secondary N) is 2. The minimum Gasteiger partial charge on any atom is -0.482 e. The molecule has 0 aliphatic carbocycles. The van der Waals surface area contributed by atoms with E-state index < -0.39 is 22.5 Å². The highest BCUT2D eigenvalue weighted by atomic mass is 35.5. The highest BCUT2D eigenvalue weighted by Crippen LogP contribution is 2.24. The normalized spacial score (nSPS) is 11.1. The second-order valence-corrected chi connectivity index (χ2v) is 7.35. The predicted molar refractivity (Wildman–Crippen MR) is 91.9 cm³/mol. The summed E-state index contributed by atoms with van der Waals surface area (Å²) in [7, 11) is -3.99. The highest BCUT2D eigenvalue weighted by Gasteiger charge is 2.16. The van der Waals surface area contributed by atoms with Gasteiger partial charge in [0.15, 0.2) is 6.61 Å². The molecule has 2 N–H and O–H groups in total. The molecule has 128 valence electrons. The van der Waals surface area contributed by atoms with Gasteiger partial charge in [-0.3, -0.25) is 10.2 Å². The van der Waals surface area contributed by atoms with E-state index in [2.05, 4.69) is 0 Å². The zero-order valence-electron chi connectivity index (χ0n) is 11.9. The lowest BCUT2D eigenvalue weighted by Crippen LogP contribution is -2.43. The summed E-state index contributed by atoms with van der Waals surface area (Å²) < 4.78 is 29.3. The Hall–Kier alpha value is -1.51. The van der Waals surface area contributed by atoms with Crippen LogP contribution in [0.2, 0.25) is 15.1 Å². The molecule has 2 rings (SSSR count). The molecular formula is C14H11Cl3N2O4S. The van der Waals surface area contributed by atoms with Crippen molar-refractivity contribution < 1.29 is 17.9 Å². The molecule has 0 saturated heterocycles. The van der Waals surface area contributed by atoms with Crippen LogP contribution in [-0.2, 0) is 14.8 Å². The minimum absolute atomic E-state index is 0.0768. The third kappa shape index (κ3) is 4.99. The van der Waals surface area contributed by atoms with Crippen molar-refractivity contribution in [3.8, 4) is 5.75 Å². The summed E-state index contributed by atoms with van der Waals surface area (Å²) in [4.78, 5) is 13.5. The quantitative estimate of drug-likeness (QED) is 0.718. The van der Waals surface area contributed by atoms with Crippen LogP contribution in [0.25, 0.3) is 0 Å². The van der Waals surface area contributed by atoms with Gasteiger partial charge >= 0.3 is 0 Å². The van der Waals surface area contributed by atoms with Gasteiger partial charge in [0.25, 0.3) is 15.9 Å². The molecule has 0 aliphatic heterocycles. The summed E-state index contributed by atoms with van der Waals surface area (Å²) in [6.07, 6.45) is 0. The number of hydrogen-bond donors (Lipinski definition) is 2. The molecule has 24 heavy (non-hydrogen) atoms. The molecule has 2 aromatic rings. The number of carbonyl (C=O) groups excluding carboxylic acids is 1. The SMILES string of the molecule is O=C(COc1ccccc1Cl)NNS(=O)(=O)c1ccc(Cl)c(Cl)c1. The fraction of sp³-hybridized carbons (Fsp3) is 0.0714. The number of hydrogen-bond acceptors (Lipinski definition) is 4. The summed E-state index contributed by atoms with van der Waals surface area (Å²) in [5, 5.41) is 0.627. The molecule has 6 nitrogen and oxygen atoms in total.